The number of hydrogen-bond acceptors (Lipinski definition) is 5. The molecule has 5 N–H and O–H groups in total. The lowest BCUT2D eigenvalue weighted by Crippen LogP contribution is -1.98. The first-order valence-corrected chi connectivity index (χ1v) is 7.96. The summed E-state index contributed by atoms with van der Waals surface area (Å²) >= 11 is 1.35. The molecule has 3 rings (SSSR count). The number of aromatic hydroxyl groups is 1. The largest absolute Gasteiger partial charge is 0.508 e. The van der Waals surface area contributed by atoms with Crippen molar-refractivity contribution in [2.75, 3.05) is 5.73 Å². The summed E-state index contributed by atoms with van der Waals surface area (Å²) in [6, 6.07) is 17.1. The molecule has 0 aliphatic carbocycles. The Hall–Kier alpha value is -2.34. The van der Waals surface area contributed by atoms with E-state index in [0.717, 1.165) is 15.3 Å². The van der Waals surface area contributed by atoms with Gasteiger partial charge in [0.2, 0.25) is 0 Å². The molecule has 4 nitrogen and oxygen atoms in total. The Kier molecular flexibility index (Phi) is 4.34. The number of rotatable bonds is 4. The number of nitrogens with two attached hydrogens (primary N) is 1. The molecule has 118 valence electrons. The number of phenolic OH excluding ortho intramolecular Hbond substituents is 1. The number of nitrogen functional groups attached to an aromatic ring is 1. The first-order valence-electron chi connectivity index (χ1n) is 7.15. The standard InChI is InChI=1S/C18H17NO3S/c19-13-5-1-11(2-6-13)17(21)15-9-10-16(23-15)18(22)12-3-7-14(20)8-4-12/h1-10,17-18,20-22H,19H2. The summed E-state index contributed by atoms with van der Waals surface area (Å²) in [6.45, 7) is 0. The molecular formula is C18H17NO3S. The lowest BCUT2D eigenvalue weighted by molar-refractivity contribution is 0.223. The second kappa shape index (κ2) is 6.42. The van der Waals surface area contributed by atoms with Crippen LogP contribution < -0.4 is 5.73 Å². The van der Waals surface area contributed by atoms with Crippen molar-refractivity contribution in [3.8, 4) is 5.75 Å². The van der Waals surface area contributed by atoms with Gasteiger partial charge in [-0.25, -0.2) is 0 Å². The molecule has 0 saturated carbocycles. The maximum atomic E-state index is 10.4. The van der Waals surface area contributed by atoms with E-state index in [-0.39, 0.29) is 5.75 Å². The first kappa shape index (κ1) is 15.6. The fourth-order valence-corrected chi connectivity index (χ4v) is 3.37. The van der Waals surface area contributed by atoms with Crippen LogP contribution in [0.15, 0.2) is 60.7 Å². The normalized spacial score (nSPS) is 13.7. The third-order valence-corrected chi connectivity index (χ3v) is 4.84. The fraction of sp³-hybridized carbons (Fsp3) is 0.111. The van der Waals surface area contributed by atoms with Crippen LogP contribution in [0.25, 0.3) is 0 Å². The third kappa shape index (κ3) is 3.37. The monoisotopic (exact) mass is 327 g/mol. The summed E-state index contributed by atoms with van der Waals surface area (Å²) < 4.78 is 0. The molecule has 23 heavy (non-hydrogen) atoms. The molecule has 0 fully saturated rings. The highest BCUT2D eigenvalue weighted by Gasteiger charge is 2.17. The molecule has 5 heteroatoms. The van der Waals surface area contributed by atoms with Gasteiger partial charge in [-0.2, -0.15) is 0 Å². The van der Waals surface area contributed by atoms with Gasteiger partial charge in [-0.1, -0.05) is 24.3 Å². The van der Waals surface area contributed by atoms with Gasteiger partial charge in [0.1, 0.15) is 18.0 Å². The predicted molar refractivity (Wildman–Crippen MR) is 91.4 cm³/mol. The zero-order chi connectivity index (χ0) is 16.4. The summed E-state index contributed by atoms with van der Waals surface area (Å²) in [5, 5.41) is 30.2. The van der Waals surface area contributed by atoms with E-state index >= 15 is 0 Å². The minimum atomic E-state index is -0.784. The number of hydrogen-bond donors (Lipinski definition) is 4. The topological polar surface area (TPSA) is 86.7 Å². The van der Waals surface area contributed by atoms with Gasteiger partial charge < -0.3 is 21.1 Å². The van der Waals surface area contributed by atoms with Crippen molar-refractivity contribution in [3.63, 3.8) is 0 Å². The molecule has 1 aromatic heterocycles. The van der Waals surface area contributed by atoms with E-state index in [2.05, 4.69) is 0 Å². The van der Waals surface area contributed by atoms with E-state index in [1.807, 2.05) is 6.07 Å². The van der Waals surface area contributed by atoms with E-state index in [0.29, 0.717) is 11.3 Å². The van der Waals surface area contributed by atoms with Gasteiger partial charge in [0.15, 0.2) is 0 Å². The highest BCUT2D eigenvalue weighted by atomic mass is 32.1. The molecule has 0 radical (unpaired) electrons. The van der Waals surface area contributed by atoms with Crippen LogP contribution in [0.5, 0.6) is 5.75 Å². The van der Waals surface area contributed by atoms with E-state index in [4.69, 9.17) is 5.73 Å². The zero-order valence-corrected chi connectivity index (χ0v) is 13.1. The molecule has 0 aliphatic heterocycles. The lowest BCUT2D eigenvalue weighted by atomic mass is 10.1. The van der Waals surface area contributed by atoms with Crippen LogP contribution >= 0.6 is 11.3 Å². The summed E-state index contributed by atoms with van der Waals surface area (Å²) in [4.78, 5) is 1.49. The van der Waals surface area contributed by atoms with Crippen LogP contribution in [0.2, 0.25) is 0 Å². The third-order valence-electron chi connectivity index (χ3n) is 3.65. The van der Waals surface area contributed by atoms with Crippen LogP contribution in [-0.4, -0.2) is 15.3 Å². The smallest absolute Gasteiger partial charge is 0.115 e. The second-order valence-electron chi connectivity index (χ2n) is 5.30. The average Bonchev–Trinajstić information content (AvgIpc) is 3.05. The molecule has 1 heterocycles. The van der Waals surface area contributed by atoms with Crippen molar-refractivity contribution >= 4 is 17.0 Å². The Balaban J connectivity index is 1.82. The second-order valence-corrected chi connectivity index (χ2v) is 6.45. The van der Waals surface area contributed by atoms with Gasteiger partial charge in [0.25, 0.3) is 0 Å². The minimum absolute atomic E-state index is 0.159. The Morgan fingerprint density at radius 2 is 1.13 bits per heavy atom. The highest BCUT2D eigenvalue weighted by Crippen LogP contribution is 2.34. The predicted octanol–water partition coefficient (Wildman–Crippen LogP) is 3.20. The van der Waals surface area contributed by atoms with Gasteiger partial charge >= 0.3 is 0 Å². The van der Waals surface area contributed by atoms with Gasteiger partial charge in [0, 0.05) is 15.4 Å². The Bertz CT molecular complexity index is 715. The van der Waals surface area contributed by atoms with Gasteiger partial charge in [0.05, 0.1) is 0 Å². The van der Waals surface area contributed by atoms with Crippen LogP contribution in [0, 0.1) is 0 Å². The average molecular weight is 327 g/mol. The molecule has 2 aromatic carbocycles. The molecule has 2 unspecified atom stereocenters. The van der Waals surface area contributed by atoms with E-state index in [9.17, 15) is 15.3 Å². The quantitative estimate of drug-likeness (QED) is 0.554. The highest BCUT2D eigenvalue weighted by molar-refractivity contribution is 7.12. The molecule has 3 aromatic rings. The van der Waals surface area contributed by atoms with Crippen molar-refractivity contribution < 1.29 is 15.3 Å². The number of aliphatic hydroxyl groups is 2. The summed E-state index contributed by atoms with van der Waals surface area (Å²) in [5.74, 6) is 0.159. The van der Waals surface area contributed by atoms with Crippen LogP contribution in [0.1, 0.15) is 33.1 Å². The molecular weight excluding hydrogens is 310 g/mol. The van der Waals surface area contributed by atoms with Gasteiger partial charge in [-0.3, -0.25) is 0 Å². The Morgan fingerprint density at radius 3 is 1.61 bits per heavy atom. The van der Waals surface area contributed by atoms with Crippen molar-refractivity contribution in [1.29, 1.82) is 0 Å². The van der Waals surface area contributed by atoms with Crippen molar-refractivity contribution in [2.45, 2.75) is 12.2 Å². The van der Waals surface area contributed by atoms with E-state index in [1.165, 1.54) is 23.5 Å². The fourth-order valence-electron chi connectivity index (χ4n) is 2.33. The molecule has 0 spiro atoms. The van der Waals surface area contributed by atoms with Crippen LogP contribution in [0.3, 0.4) is 0 Å². The number of anilines is 1. The van der Waals surface area contributed by atoms with Crippen molar-refractivity contribution in [1.82, 2.24) is 0 Å². The van der Waals surface area contributed by atoms with Crippen molar-refractivity contribution in [3.05, 3.63) is 81.5 Å². The summed E-state index contributed by atoms with van der Waals surface area (Å²) in [7, 11) is 0. The Labute approximate surface area is 138 Å². The molecule has 2 atom stereocenters. The van der Waals surface area contributed by atoms with Crippen LogP contribution in [-0.2, 0) is 0 Å². The molecule has 0 bridgehead atoms. The van der Waals surface area contributed by atoms with Crippen molar-refractivity contribution in [2.24, 2.45) is 0 Å². The number of thiophene rings is 1. The maximum Gasteiger partial charge on any atom is 0.115 e. The lowest BCUT2D eigenvalue weighted by Gasteiger charge is -2.10. The number of aliphatic hydroxyl groups excluding tert-OH is 2. The first-order chi connectivity index (χ1) is 11.0. The van der Waals surface area contributed by atoms with Gasteiger partial charge in [-0.15, -0.1) is 11.3 Å². The molecule has 0 saturated heterocycles. The van der Waals surface area contributed by atoms with E-state index in [1.54, 1.807) is 42.5 Å². The Morgan fingerprint density at radius 1 is 0.696 bits per heavy atom. The van der Waals surface area contributed by atoms with Crippen LogP contribution in [0.4, 0.5) is 5.69 Å². The number of phenols is 1. The van der Waals surface area contributed by atoms with E-state index < -0.39 is 12.2 Å². The summed E-state index contributed by atoms with van der Waals surface area (Å²) in [5.41, 5.74) is 7.75. The minimum Gasteiger partial charge on any atom is -0.508 e. The molecule has 0 aliphatic rings. The SMILES string of the molecule is Nc1ccc(C(O)c2ccc(C(O)c3ccc(O)cc3)s2)cc1. The maximum absolute atomic E-state index is 10.4. The molecule has 0 amide bonds. The zero-order valence-electron chi connectivity index (χ0n) is 12.3. The van der Waals surface area contributed by atoms with Gasteiger partial charge in [-0.05, 0) is 47.5 Å². The number of benzene rings is 2. The summed E-state index contributed by atoms with van der Waals surface area (Å²) in [6.07, 6.45) is -1.53.